The van der Waals surface area contributed by atoms with E-state index in [1.54, 1.807) is 4.90 Å². The minimum Gasteiger partial charge on any atom is -0.341 e. The van der Waals surface area contributed by atoms with Crippen molar-refractivity contribution in [1.29, 1.82) is 0 Å². The molecule has 0 aromatic carbocycles. The van der Waals surface area contributed by atoms with E-state index in [4.69, 9.17) is 5.73 Å². The van der Waals surface area contributed by atoms with E-state index in [0.717, 1.165) is 31.9 Å². The lowest BCUT2D eigenvalue weighted by atomic mass is 9.71. The summed E-state index contributed by atoms with van der Waals surface area (Å²) in [5.41, 5.74) is 5.90. The van der Waals surface area contributed by atoms with Gasteiger partial charge in [0.15, 0.2) is 0 Å². The van der Waals surface area contributed by atoms with E-state index in [1.165, 1.54) is 6.42 Å². The quantitative estimate of drug-likeness (QED) is 0.766. The minimum atomic E-state index is -3.21. The van der Waals surface area contributed by atoms with Gasteiger partial charge >= 0.3 is 0 Å². The number of nitrogens with two attached hydrogens (primary N) is 1. The number of carbonyl (C=O) groups is 1. The average molecular weight is 354 g/mol. The fourth-order valence-corrected chi connectivity index (χ4v) is 4.37. The molecule has 1 saturated heterocycles. The first-order valence-electron chi connectivity index (χ1n) is 7.79. The van der Waals surface area contributed by atoms with Gasteiger partial charge in [0.05, 0.1) is 6.26 Å². The zero-order valence-corrected chi connectivity index (χ0v) is 14.8. The Balaban J connectivity index is 0.00000242. The summed E-state index contributed by atoms with van der Waals surface area (Å²) in [6, 6.07) is -0.149. The normalized spacial score (nSPS) is 24.8. The highest BCUT2D eigenvalue weighted by Crippen LogP contribution is 2.39. The molecule has 0 radical (unpaired) electrons. The van der Waals surface area contributed by atoms with Crippen molar-refractivity contribution < 1.29 is 13.2 Å². The van der Waals surface area contributed by atoms with Crippen LogP contribution in [0.25, 0.3) is 0 Å². The molecule has 1 atom stereocenters. The van der Waals surface area contributed by atoms with Crippen molar-refractivity contribution in [3.05, 3.63) is 0 Å². The number of likely N-dealkylation sites (tertiary alicyclic amines) is 1. The molecule has 1 aliphatic carbocycles. The average Bonchev–Trinajstić information content (AvgIpc) is 2.86. The number of rotatable bonds is 5. The number of carbonyl (C=O) groups excluding carboxylic acids is 1. The Kier molecular flexibility index (Phi) is 7.11. The van der Waals surface area contributed by atoms with Crippen molar-refractivity contribution in [3.8, 4) is 0 Å². The zero-order valence-electron chi connectivity index (χ0n) is 13.2. The van der Waals surface area contributed by atoms with Gasteiger partial charge in [-0.05, 0) is 31.2 Å². The second-order valence-electron chi connectivity index (χ2n) is 6.66. The standard InChI is InChI=1S/C14H27N3O3S.ClH/c1-21(19,20)16-12-5-8-17(10-12)13(18)9-14(11-15)6-3-2-4-7-14;/h12,16H,2-11,15H2,1H3;1H. The van der Waals surface area contributed by atoms with E-state index in [2.05, 4.69) is 4.72 Å². The summed E-state index contributed by atoms with van der Waals surface area (Å²) in [5.74, 6) is 0.125. The minimum absolute atomic E-state index is 0. The van der Waals surface area contributed by atoms with Crippen LogP contribution >= 0.6 is 12.4 Å². The third kappa shape index (κ3) is 5.37. The van der Waals surface area contributed by atoms with Crippen LogP contribution in [0, 0.1) is 5.41 Å². The summed E-state index contributed by atoms with van der Waals surface area (Å²) < 4.78 is 25.1. The smallest absolute Gasteiger partial charge is 0.223 e. The number of hydrogen-bond donors (Lipinski definition) is 2. The third-order valence-corrected chi connectivity index (χ3v) is 5.56. The number of nitrogens with zero attached hydrogens (tertiary/aromatic N) is 1. The summed E-state index contributed by atoms with van der Waals surface area (Å²) in [5, 5.41) is 0. The Morgan fingerprint density at radius 2 is 1.95 bits per heavy atom. The Morgan fingerprint density at radius 1 is 1.32 bits per heavy atom. The van der Waals surface area contributed by atoms with Gasteiger partial charge < -0.3 is 10.6 Å². The number of hydrogen-bond acceptors (Lipinski definition) is 4. The number of amides is 1. The molecule has 2 aliphatic rings. The molecule has 0 spiro atoms. The summed E-state index contributed by atoms with van der Waals surface area (Å²) in [4.78, 5) is 14.3. The Bertz CT molecular complexity index is 478. The zero-order chi connectivity index (χ0) is 15.5. The number of sulfonamides is 1. The lowest BCUT2D eigenvalue weighted by molar-refractivity contribution is -0.133. The van der Waals surface area contributed by atoms with Crippen molar-refractivity contribution in [2.24, 2.45) is 11.1 Å². The van der Waals surface area contributed by atoms with Crippen molar-refractivity contribution >= 4 is 28.3 Å². The molecule has 130 valence electrons. The van der Waals surface area contributed by atoms with Crippen LogP contribution < -0.4 is 10.5 Å². The molecule has 0 aromatic rings. The monoisotopic (exact) mass is 353 g/mol. The summed E-state index contributed by atoms with van der Waals surface area (Å²) >= 11 is 0. The molecule has 1 amide bonds. The lowest BCUT2D eigenvalue weighted by Crippen LogP contribution is -2.41. The van der Waals surface area contributed by atoms with Gasteiger partial charge in [-0.1, -0.05) is 19.3 Å². The van der Waals surface area contributed by atoms with Gasteiger partial charge in [0.2, 0.25) is 15.9 Å². The molecule has 2 fully saturated rings. The van der Waals surface area contributed by atoms with Crippen LogP contribution in [0.5, 0.6) is 0 Å². The molecule has 0 bridgehead atoms. The predicted octanol–water partition coefficient (Wildman–Crippen LogP) is 0.858. The SMILES string of the molecule is CS(=O)(=O)NC1CCN(C(=O)CC2(CN)CCCCC2)C1.Cl. The van der Waals surface area contributed by atoms with E-state index in [9.17, 15) is 13.2 Å². The van der Waals surface area contributed by atoms with Crippen LogP contribution in [-0.2, 0) is 14.8 Å². The first kappa shape index (κ1) is 19.7. The highest BCUT2D eigenvalue weighted by molar-refractivity contribution is 7.88. The van der Waals surface area contributed by atoms with Gasteiger partial charge in [0.25, 0.3) is 0 Å². The Hall–Kier alpha value is -0.370. The highest BCUT2D eigenvalue weighted by atomic mass is 35.5. The molecule has 0 aromatic heterocycles. The van der Waals surface area contributed by atoms with Crippen molar-refractivity contribution in [2.75, 3.05) is 25.9 Å². The summed E-state index contributed by atoms with van der Waals surface area (Å²) in [7, 11) is -3.21. The molecular weight excluding hydrogens is 326 g/mol. The highest BCUT2D eigenvalue weighted by Gasteiger charge is 2.36. The molecule has 8 heteroatoms. The first-order valence-corrected chi connectivity index (χ1v) is 9.68. The molecule has 6 nitrogen and oxygen atoms in total. The van der Waals surface area contributed by atoms with Gasteiger partial charge in [-0.3, -0.25) is 4.79 Å². The van der Waals surface area contributed by atoms with Crippen LogP contribution in [0.3, 0.4) is 0 Å². The Labute approximate surface area is 139 Å². The van der Waals surface area contributed by atoms with E-state index >= 15 is 0 Å². The van der Waals surface area contributed by atoms with Crippen LogP contribution in [-0.4, -0.2) is 51.2 Å². The fraction of sp³-hybridized carbons (Fsp3) is 0.929. The molecule has 1 aliphatic heterocycles. The van der Waals surface area contributed by atoms with Gasteiger partial charge in [-0.2, -0.15) is 0 Å². The van der Waals surface area contributed by atoms with E-state index in [0.29, 0.717) is 32.5 Å². The largest absolute Gasteiger partial charge is 0.341 e. The van der Waals surface area contributed by atoms with Crippen LogP contribution in [0.2, 0.25) is 0 Å². The fourth-order valence-electron chi connectivity index (χ4n) is 3.57. The van der Waals surface area contributed by atoms with Crippen molar-refractivity contribution in [3.63, 3.8) is 0 Å². The molecule has 22 heavy (non-hydrogen) atoms. The predicted molar refractivity (Wildman–Crippen MR) is 89.4 cm³/mol. The van der Waals surface area contributed by atoms with Crippen molar-refractivity contribution in [2.45, 2.75) is 51.0 Å². The maximum absolute atomic E-state index is 12.5. The maximum Gasteiger partial charge on any atom is 0.223 e. The molecule has 1 saturated carbocycles. The van der Waals surface area contributed by atoms with Gasteiger partial charge in [-0.15, -0.1) is 12.4 Å². The molecular formula is C14H28ClN3O3S. The number of halogens is 1. The summed E-state index contributed by atoms with van der Waals surface area (Å²) in [6.07, 6.45) is 7.97. The van der Waals surface area contributed by atoms with Crippen LogP contribution in [0.4, 0.5) is 0 Å². The van der Waals surface area contributed by atoms with Crippen LogP contribution in [0.15, 0.2) is 0 Å². The van der Waals surface area contributed by atoms with Crippen molar-refractivity contribution in [1.82, 2.24) is 9.62 Å². The third-order valence-electron chi connectivity index (χ3n) is 4.80. The molecule has 3 N–H and O–H groups in total. The van der Waals surface area contributed by atoms with Gasteiger partial charge in [-0.25, -0.2) is 13.1 Å². The second kappa shape index (κ2) is 7.95. The van der Waals surface area contributed by atoms with Gasteiger partial charge in [0.1, 0.15) is 0 Å². The molecule has 1 unspecified atom stereocenters. The first-order chi connectivity index (χ1) is 9.84. The van der Waals surface area contributed by atoms with E-state index in [1.807, 2.05) is 0 Å². The maximum atomic E-state index is 12.5. The summed E-state index contributed by atoms with van der Waals surface area (Å²) in [6.45, 7) is 1.68. The number of nitrogens with one attached hydrogen (secondary N) is 1. The molecule has 2 rings (SSSR count). The van der Waals surface area contributed by atoms with E-state index < -0.39 is 10.0 Å². The van der Waals surface area contributed by atoms with Gasteiger partial charge in [0, 0.05) is 25.6 Å². The second-order valence-corrected chi connectivity index (χ2v) is 8.44. The lowest BCUT2D eigenvalue weighted by Gasteiger charge is -2.36. The molecule has 1 heterocycles. The topological polar surface area (TPSA) is 92.5 Å². The Morgan fingerprint density at radius 3 is 2.50 bits per heavy atom. The van der Waals surface area contributed by atoms with E-state index in [-0.39, 0.29) is 29.8 Å². The van der Waals surface area contributed by atoms with Crippen LogP contribution in [0.1, 0.15) is 44.9 Å².